The molecule has 0 saturated carbocycles. The van der Waals surface area contributed by atoms with Crippen LogP contribution in [0.3, 0.4) is 0 Å². The maximum absolute atomic E-state index is 8.59. The fourth-order valence-corrected chi connectivity index (χ4v) is 1.09. The number of hydrogen-bond acceptors (Lipinski definition) is 2. The van der Waals surface area contributed by atoms with Crippen LogP contribution in [0.25, 0.3) is 6.08 Å². The van der Waals surface area contributed by atoms with Gasteiger partial charge in [0.2, 0.25) is 0 Å². The molecular formula is C11H14O2. The molecule has 0 heterocycles. The van der Waals surface area contributed by atoms with Crippen LogP contribution in [0.4, 0.5) is 0 Å². The van der Waals surface area contributed by atoms with Crippen molar-refractivity contribution in [2.24, 2.45) is 0 Å². The summed E-state index contributed by atoms with van der Waals surface area (Å²) in [6.07, 6.45) is 4.56. The Balaban J connectivity index is 2.74. The topological polar surface area (TPSA) is 29.5 Å². The molecule has 2 nitrogen and oxygen atoms in total. The average Bonchev–Trinajstić information content (AvgIpc) is 2.19. The number of aliphatic hydroxyl groups excluding tert-OH is 1. The molecule has 0 aliphatic carbocycles. The van der Waals surface area contributed by atoms with Crippen molar-refractivity contribution < 1.29 is 9.84 Å². The molecule has 70 valence electrons. The van der Waals surface area contributed by atoms with Crippen LogP contribution >= 0.6 is 0 Å². The number of methoxy groups -OCH3 is 1. The third kappa shape index (κ3) is 2.92. The van der Waals surface area contributed by atoms with Gasteiger partial charge in [-0.15, -0.1) is 0 Å². The van der Waals surface area contributed by atoms with Crippen molar-refractivity contribution in [3.05, 3.63) is 35.9 Å². The lowest BCUT2D eigenvalue weighted by atomic mass is 10.2. The second-order valence-corrected chi connectivity index (χ2v) is 2.66. The molecule has 0 fully saturated rings. The van der Waals surface area contributed by atoms with E-state index in [9.17, 15) is 0 Å². The summed E-state index contributed by atoms with van der Waals surface area (Å²) in [4.78, 5) is 0. The Kier molecular flexibility index (Phi) is 4.06. The van der Waals surface area contributed by atoms with Gasteiger partial charge in [0.15, 0.2) is 0 Å². The molecule has 1 rings (SSSR count). The number of rotatable bonds is 4. The summed E-state index contributed by atoms with van der Waals surface area (Å²) in [6.45, 7) is 0.186. The van der Waals surface area contributed by atoms with E-state index >= 15 is 0 Å². The molecule has 0 aromatic heterocycles. The monoisotopic (exact) mass is 178 g/mol. The molecule has 1 N–H and O–H groups in total. The Morgan fingerprint density at radius 3 is 2.85 bits per heavy atom. The van der Waals surface area contributed by atoms with Gasteiger partial charge in [0, 0.05) is 12.2 Å². The molecule has 2 heteroatoms. The Morgan fingerprint density at radius 1 is 1.38 bits per heavy atom. The summed E-state index contributed by atoms with van der Waals surface area (Å²) >= 11 is 0. The van der Waals surface area contributed by atoms with E-state index in [-0.39, 0.29) is 6.61 Å². The molecule has 0 aliphatic heterocycles. The molecule has 0 unspecified atom stereocenters. The summed E-state index contributed by atoms with van der Waals surface area (Å²) in [5.74, 6) is 0.858. The van der Waals surface area contributed by atoms with Gasteiger partial charge in [0.1, 0.15) is 5.75 Å². The van der Waals surface area contributed by atoms with Crippen LogP contribution in [0.15, 0.2) is 30.3 Å². The Morgan fingerprint density at radius 2 is 2.15 bits per heavy atom. The second-order valence-electron chi connectivity index (χ2n) is 2.66. The molecule has 13 heavy (non-hydrogen) atoms. The molecule has 0 bridgehead atoms. The van der Waals surface area contributed by atoms with E-state index in [0.29, 0.717) is 6.42 Å². The number of para-hydroxylation sites is 1. The zero-order valence-electron chi connectivity index (χ0n) is 7.73. The van der Waals surface area contributed by atoms with Crippen molar-refractivity contribution in [2.45, 2.75) is 6.42 Å². The average molecular weight is 178 g/mol. The Labute approximate surface area is 78.5 Å². The first-order valence-corrected chi connectivity index (χ1v) is 4.29. The van der Waals surface area contributed by atoms with E-state index in [1.54, 1.807) is 7.11 Å². The second kappa shape index (κ2) is 5.38. The lowest BCUT2D eigenvalue weighted by Crippen LogP contribution is -1.85. The summed E-state index contributed by atoms with van der Waals surface area (Å²) in [7, 11) is 1.65. The van der Waals surface area contributed by atoms with Crippen molar-refractivity contribution in [1.82, 2.24) is 0 Å². The van der Waals surface area contributed by atoms with Crippen LogP contribution in [-0.2, 0) is 0 Å². The maximum atomic E-state index is 8.59. The summed E-state index contributed by atoms with van der Waals surface area (Å²) in [5.41, 5.74) is 1.04. The predicted octanol–water partition coefficient (Wildman–Crippen LogP) is 2.09. The molecule has 0 aliphatic rings. The first-order valence-electron chi connectivity index (χ1n) is 4.29. The maximum Gasteiger partial charge on any atom is 0.126 e. The minimum atomic E-state index is 0.186. The smallest absolute Gasteiger partial charge is 0.126 e. The van der Waals surface area contributed by atoms with Gasteiger partial charge in [-0.25, -0.2) is 0 Å². The highest BCUT2D eigenvalue weighted by molar-refractivity contribution is 5.56. The normalized spacial score (nSPS) is 10.6. The molecule has 0 saturated heterocycles. The van der Waals surface area contributed by atoms with Gasteiger partial charge in [-0.1, -0.05) is 30.4 Å². The Bertz CT molecular complexity index is 279. The van der Waals surface area contributed by atoms with E-state index in [2.05, 4.69) is 0 Å². The highest BCUT2D eigenvalue weighted by Gasteiger charge is 1.95. The van der Waals surface area contributed by atoms with Gasteiger partial charge in [-0.2, -0.15) is 0 Å². The van der Waals surface area contributed by atoms with Gasteiger partial charge < -0.3 is 9.84 Å². The molecular weight excluding hydrogens is 164 g/mol. The van der Waals surface area contributed by atoms with Gasteiger partial charge in [-0.05, 0) is 12.5 Å². The molecule has 0 atom stereocenters. The van der Waals surface area contributed by atoms with E-state index in [4.69, 9.17) is 9.84 Å². The standard InChI is InChI=1S/C11H14O2/c1-13-11-8-3-2-6-10(11)7-4-5-9-12/h2-4,6-8,12H,5,9H2,1H3/b7-4-. The quantitative estimate of drug-likeness (QED) is 0.765. The molecule has 0 amide bonds. The summed E-state index contributed by atoms with van der Waals surface area (Å²) in [6, 6.07) is 7.79. The lowest BCUT2D eigenvalue weighted by molar-refractivity contribution is 0.303. The van der Waals surface area contributed by atoms with Crippen LogP contribution in [-0.4, -0.2) is 18.8 Å². The molecule has 0 radical (unpaired) electrons. The molecule has 1 aromatic rings. The van der Waals surface area contributed by atoms with Crippen molar-refractivity contribution >= 4 is 6.08 Å². The largest absolute Gasteiger partial charge is 0.496 e. The zero-order chi connectivity index (χ0) is 9.52. The number of ether oxygens (including phenoxy) is 1. The van der Waals surface area contributed by atoms with Gasteiger partial charge in [0.25, 0.3) is 0 Å². The van der Waals surface area contributed by atoms with Crippen LogP contribution in [0.2, 0.25) is 0 Å². The van der Waals surface area contributed by atoms with E-state index in [0.717, 1.165) is 11.3 Å². The predicted molar refractivity (Wildman–Crippen MR) is 53.7 cm³/mol. The Hall–Kier alpha value is -1.28. The number of benzene rings is 1. The summed E-state index contributed by atoms with van der Waals surface area (Å²) in [5, 5.41) is 8.59. The zero-order valence-corrected chi connectivity index (χ0v) is 7.73. The van der Waals surface area contributed by atoms with Crippen molar-refractivity contribution in [3.8, 4) is 5.75 Å². The van der Waals surface area contributed by atoms with Gasteiger partial charge >= 0.3 is 0 Å². The minimum Gasteiger partial charge on any atom is -0.496 e. The number of hydrogen-bond donors (Lipinski definition) is 1. The first-order chi connectivity index (χ1) is 6.38. The molecule has 1 aromatic carbocycles. The first kappa shape index (κ1) is 9.81. The third-order valence-electron chi connectivity index (χ3n) is 1.73. The van der Waals surface area contributed by atoms with Gasteiger partial charge in [0.05, 0.1) is 7.11 Å². The van der Waals surface area contributed by atoms with Gasteiger partial charge in [-0.3, -0.25) is 0 Å². The van der Waals surface area contributed by atoms with Crippen LogP contribution in [0, 0.1) is 0 Å². The third-order valence-corrected chi connectivity index (χ3v) is 1.73. The highest BCUT2D eigenvalue weighted by Crippen LogP contribution is 2.18. The fourth-order valence-electron chi connectivity index (χ4n) is 1.09. The van der Waals surface area contributed by atoms with Crippen LogP contribution in [0.5, 0.6) is 5.75 Å². The minimum absolute atomic E-state index is 0.186. The fraction of sp³-hybridized carbons (Fsp3) is 0.273. The van der Waals surface area contributed by atoms with Crippen molar-refractivity contribution in [3.63, 3.8) is 0 Å². The van der Waals surface area contributed by atoms with E-state index < -0.39 is 0 Å². The lowest BCUT2D eigenvalue weighted by Gasteiger charge is -2.02. The van der Waals surface area contributed by atoms with E-state index in [1.807, 2.05) is 36.4 Å². The summed E-state index contributed by atoms with van der Waals surface area (Å²) < 4.78 is 5.16. The van der Waals surface area contributed by atoms with Crippen molar-refractivity contribution in [1.29, 1.82) is 0 Å². The van der Waals surface area contributed by atoms with Crippen molar-refractivity contribution in [2.75, 3.05) is 13.7 Å². The van der Waals surface area contributed by atoms with Crippen LogP contribution in [0.1, 0.15) is 12.0 Å². The molecule has 0 spiro atoms. The highest BCUT2D eigenvalue weighted by atomic mass is 16.5. The van der Waals surface area contributed by atoms with E-state index in [1.165, 1.54) is 0 Å². The van der Waals surface area contributed by atoms with Crippen LogP contribution < -0.4 is 4.74 Å². The number of aliphatic hydroxyl groups is 1. The SMILES string of the molecule is COc1ccccc1/C=C\CCO.